The van der Waals surface area contributed by atoms with Crippen molar-refractivity contribution >= 4 is 10.0 Å². The zero-order valence-corrected chi connectivity index (χ0v) is 16.6. The van der Waals surface area contributed by atoms with Gasteiger partial charge >= 0.3 is 0 Å². The number of piperazine rings is 1. The van der Waals surface area contributed by atoms with Crippen molar-refractivity contribution in [3.8, 4) is 22.8 Å². The van der Waals surface area contributed by atoms with Crippen LogP contribution in [0.25, 0.3) is 22.8 Å². The first-order valence-corrected chi connectivity index (χ1v) is 10.9. The van der Waals surface area contributed by atoms with Gasteiger partial charge in [0.1, 0.15) is 0 Å². The van der Waals surface area contributed by atoms with E-state index >= 15 is 0 Å². The first-order valence-electron chi connectivity index (χ1n) is 9.42. The van der Waals surface area contributed by atoms with Gasteiger partial charge in [0.15, 0.2) is 5.76 Å². The lowest BCUT2D eigenvalue weighted by Gasteiger charge is -2.33. The molecule has 2 aromatic carbocycles. The smallest absolute Gasteiger partial charge is 0.243 e. The second kappa shape index (κ2) is 7.87. The van der Waals surface area contributed by atoms with Gasteiger partial charge in [0.25, 0.3) is 0 Å². The molecule has 0 amide bonds. The van der Waals surface area contributed by atoms with E-state index in [1.54, 1.807) is 34.8 Å². The Hall–Kier alpha value is -2.48. The third-order valence-corrected chi connectivity index (χ3v) is 6.99. The average Bonchev–Trinajstić information content (AvgIpc) is 3.25. The molecule has 1 saturated heterocycles. The minimum absolute atomic E-state index is 0.302. The normalized spacial score (nSPS) is 16.3. The Morgan fingerprint density at radius 2 is 1.61 bits per heavy atom. The zero-order valence-electron chi connectivity index (χ0n) is 15.8. The summed E-state index contributed by atoms with van der Waals surface area (Å²) < 4.78 is 33.2. The van der Waals surface area contributed by atoms with Crippen LogP contribution < -0.4 is 0 Å². The van der Waals surface area contributed by atoms with Crippen LogP contribution in [0.15, 0.2) is 70.1 Å². The molecule has 1 aliphatic heterocycles. The summed E-state index contributed by atoms with van der Waals surface area (Å²) in [6.45, 7) is 5.63. The molecule has 28 heavy (non-hydrogen) atoms. The molecule has 0 atom stereocenters. The minimum atomic E-state index is -3.47. The summed E-state index contributed by atoms with van der Waals surface area (Å²) in [5.41, 5.74) is 1.70. The summed E-state index contributed by atoms with van der Waals surface area (Å²) in [7, 11) is -3.47. The van der Waals surface area contributed by atoms with Gasteiger partial charge in [-0.2, -0.15) is 4.31 Å². The lowest BCUT2D eigenvalue weighted by Crippen LogP contribution is -2.48. The van der Waals surface area contributed by atoms with Crippen LogP contribution in [0.4, 0.5) is 0 Å². The number of rotatable bonds is 5. The van der Waals surface area contributed by atoms with Crippen molar-refractivity contribution in [3.05, 3.63) is 60.8 Å². The molecule has 0 radical (unpaired) electrons. The summed E-state index contributed by atoms with van der Waals surface area (Å²) in [6, 6.07) is 16.5. The molecule has 0 saturated carbocycles. The molecule has 1 aromatic heterocycles. The fraction of sp³-hybridized carbons (Fsp3) is 0.286. The molecule has 6 nitrogen and oxygen atoms in total. The molecule has 0 bridgehead atoms. The summed E-state index contributed by atoms with van der Waals surface area (Å²) in [6.07, 6.45) is 1.68. The number of aromatic nitrogens is 1. The number of hydrogen-bond donors (Lipinski definition) is 0. The summed E-state index contributed by atoms with van der Waals surface area (Å²) in [5, 5.41) is 0. The number of sulfonamides is 1. The van der Waals surface area contributed by atoms with Crippen LogP contribution in [0.1, 0.15) is 6.92 Å². The van der Waals surface area contributed by atoms with E-state index in [0.717, 1.165) is 30.8 Å². The second-order valence-electron chi connectivity index (χ2n) is 6.76. The highest BCUT2D eigenvalue weighted by Crippen LogP contribution is 2.27. The molecule has 0 N–H and O–H groups in total. The topological polar surface area (TPSA) is 66.7 Å². The van der Waals surface area contributed by atoms with Crippen molar-refractivity contribution < 1.29 is 12.8 Å². The molecule has 0 unspecified atom stereocenters. The first-order chi connectivity index (χ1) is 13.6. The van der Waals surface area contributed by atoms with E-state index < -0.39 is 10.0 Å². The van der Waals surface area contributed by atoms with Crippen molar-refractivity contribution in [2.24, 2.45) is 0 Å². The highest BCUT2D eigenvalue weighted by molar-refractivity contribution is 7.89. The van der Waals surface area contributed by atoms with E-state index in [0.29, 0.717) is 29.6 Å². The standard InChI is InChI=1S/C21H23N3O3S/c1-2-23-12-14-24(15-13-23)28(25,26)19-10-8-18(9-11-19)21-22-16-20(27-21)17-6-4-3-5-7-17/h3-11,16H,2,12-15H2,1H3. The van der Waals surface area contributed by atoms with Gasteiger partial charge in [-0.25, -0.2) is 13.4 Å². The monoisotopic (exact) mass is 397 g/mol. The van der Waals surface area contributed by atoms with E-state index in [1.807, 2.05) is 30.3 Å². The number of hydrogen-bond acceptors (Lipinski definition) is 5. The van der Waals surface area contributed by atoms with Crippen LogP contribution in [0.2, 0.25) is 0 Å². The number of likely N-dealkylation sites (N-methyl/N-ethyl adjacent to an activating group) is 1. The molecule has 1 fully saturated rings. The Labute approximate surface area is 165 Å². The maximum Gasteiger partial charge on any atom is 0.243 e. The van der Waals surface area contributed by atoms with Crippen molar-refractivity contribution in [3.63, 3.8) is 0 Å². The van der Waals surface area contributed by atoms with Crippen LogP contribution in [-0.4, -0.2) is 55.3 Å². The maximum atomic E-state index is 12.9. The fourth-order valence-electron chi connectivity index (χ4n) is 3.35. The molecule has 7 heteroatoms. The number of benzene rings is 2. The van der Waals surface area contributed by atoms with Gasteiger partial charge in [-0.3, -0.25) is 0 Å². The zero-order chi connectivity index (χ0) is 19.6. The minimum Gasteiger partial charge on any atom is -0.436 e. The Morgan fingerprint density at radius 1 is 0.929 bits per heavy atom. The molecule has 3 aromatic rings. The van der Waals surface area contributed by atoms with E-state index in [2.05, 4.69) is 16.8 Å². The molecule has 1 aliphatic rings. The number of oxazole rings is 1. The van der Waals surface area contributed by atoms with Gasteiger partial charge in [-0.15, -0.1) is 0 Å². The Kier molecular flexibility index (Phi) is 5.30. The van der Waals surface area contributed by atoms with Gasteiger partial charge < -0.3 is 9.32 Å². The van der Waals surface area contributed by atoms with Crippen LogP contribution in [0.3, 0.4) is 0 Å². The molecule has 0 spiro atoms. The van der Waals surface area contributed by atoms with Crippen molar-refractivity contribution in [1.82, 2.24) is 14.2 Å². The molecule has 146 valence electrons. The van der Waals surface area contributed by atoms with Gasteiger partial charge in [-0.05, 0) is 30.8 Å². The lowest BCUT2D eigenvalue weighted by atomic mass is 10.2. The molecule has 4 rings (SSSR count). The Morgan fingerprint density at radius 3 is 2.25 bits per heavy atom. The molecule has 2 heterocycles. The third-order valence-electron chi connectivity index (χ3n) is 5.08. The maximum absolute atomic E-state index is 12.9. The fourth-order valence-corrected chi connectivity index (χ4v) is 4.77. The SMILES string of the molecule is CCN1CCN(S(=O)(=O)c2ccc(-c3ncc(-c4ccccc4)o3)cc2)CC1. The summed E-state index contributed by atoms with van der Waals surface area (Å²) in [5.74, 6) is 1.15. The van der Waals surface area contributed by atoms with E-state index in [4.69, 9.17) is 4.42 Å². The van der Waals surface area contributed by atoms with Gasteiger partial charge in [0.05, 0.1) is 11.1 Å². The quantitative estimate of drug-likeness (QED) is 0.661. The van der Waals surface area contributed by atoms with Gasteiger partial charge in [0.2, 0.25) is 15.9 Å². The van der Waals surface area contributed by atoms with Crippen molar-refractivity contribution in [1.29, 1.82) is 0 Å². The third kappa shape index (κ3) is 3.73. The van der Waals surface area contributed by atoms with Crippen LogP contribution in [0.5, 0.6) is 0 Å². The average molecular weight is 398 g/mol. The van der Waals surface area contributed by atoms with Crippen LogP contribution in [0, 0.1) is 0 Å². The largest absolute Gasteiger partial charge is 0.436 e. The predicted molar refractivity (Wildman–Crippen MR) is 108 cm³/mol. The molecular formula is C21H23N3O3S. The van der Waals surface area contributed by atoms with E-state index in [9.17, 15) is 8.42 Å². The van der Waals surface area contributed by atoms with Crippen molar-refractivity contribution in [2.75, 3.05) is 32.7 Å². The Bertz CT molecular complexity index is 1020. The summed E-state index contributed by atoms with van der Waals surface area (Å²) >= 11 is 0. The first kappa shape index (κ1) is 18.9. The van der Waals surface area contributed by atoms with Gasteiger partial charge in [0, 0.05) is 37.3 Å². The van der Waals surface area contributed by atoms with E-state index in [-0.39, 0.29) is 0 Å². The van der Waals surface area contributed by atoms with Crippen LogP contribution >= 0.6 is 0 Å². The predicted octanol–water partition coefficient (Wildman–Crippen LogP) is 3.33. The number of nitrogens with zero attached hydrogens (tertiary/aromatic N) is 3. The van der Waals surface area contributed by atoms with E-state index in [1.165, 1.54) is 0 Å². The molecular weight excluding hydrogens is 374 g/mol. The summed E-state index contributed by atoms with van der Waals surface area (Å²) in [4.78, 5) is 6.88. The van der Waals surface area contributed by atoms with Crippen LogP contribution in [-0.2, 0) is 10.0 Å². The highest BCUT2D eigenvalue weighted by atomic mass is 32.2. The second-order valence-corrected chi connectivity index (χ2v) is 8.70. The van der Waals surface area contributed by atoms with Gasteiger partial charge in [-0.1, -0.05) is 37.3 Å². The Balaban J connectivity index is 1.52. The van der Waals surface area contributed by atoms with Crippen molar-refractivity contribution in [2.45, 2.75) is 11.8 Å². The molecule has 0 aliphatic carbocycles. The highest BCUT2D eigenvalue weighted by Gasteiger charge is 2.28. The lowest BCUT2D eigenvalue weighted by molar-refractivity contribution is 0.196.